The zero-order chi connectivity index (χ0) is 19.7. The van der Waals surface area contributed by atoms with Gasteiger partial charge in [0.2, 0.25) is 0 Å². The van der Waals surface area contributed by atoms with Gasteiger partial charge in [-0.3, -0.25) is 24.6 Å². The van der Waals surface area contributed by atoms with Crippen LogP contribution in [0.5, 0.6) is 5.75 Å². The van der Waals surface area contributed by atoms with Gasteiger partial charge in [0.05, 0.1) is 23.6 Å². The predicted octanol–water partition coefficient (Wildman–Crippen LogP) is 3.09. The monoisotopic (exact) mass is 368 g/mol. The minimum absolute atomic E-state index is 0.108. The quantitative estimate of drug-likeness (QED) is 0.641. The number of non-ortho nitro benzene ring substituents is 1. The molecule has 138 valence electrons. The molecule has 0 unspecified atom stereocenters. The normalized spacial score (nSPS) is 16.6. The molecule has 0 aromatic heterocycles. The van der Waals surface area contributed by atoms with Crippen LogP contribution in [0, 0.1) is 10.1 Å². The zero-order valence-electron chi connectivity index (χ0n) is 14.6. The van der Waals surface area contributed by atoms with Crippen molar-refractivity contribution in [1.29, 1.82) is 0 Å². The summed E-state index contributed by atoms with van der Waals surface area (Å²) in [7, 11) is 1.47. The Labute approximate surface area is 154 Å². The summed E-state index contributed by atoms with van der Waals surface area (Å²) in [6.45, 7) is 1.23. The van der Waals surface area contributed by atoms with Crippen molar-refractivity contribution in [3.63, 3.8) is 0 Å². The average Bonchev–Trinajstić information content (AvgIpc) is 2.93. The van der Waals surface area contributed by atoms with Crippen molar-refractivity contribution in [2.24, 2.45) is 0 Å². The molecule has 0 spiro atoms. The molecule has 1 aliphatic rings. The number of carbonyl (C=O) groups excluding carboxylic acids is 2. The summed E-state index contributed by atoms with van der Waals surface area (Å²) >= 11 is 0. The van der Waals surface area contributed by atoms with Crippen molar-refractivity contribution in [3.05, 3.63) is 75.5 Å². The lowest BCUT2D eigenvalue weighted by atomic mass is 9.96. The number of Topliss-reactive ketones (excluding diaryl/α,β-unsaturated/α-hetero) is 1. The van der Waals surface area contributed by atoms with E-state index in [4.69, 9.17) is 4.74 Å². The van der Waals surface area contributed by atoms with Gasteiger partial charge in [0.15, 0.2) is 11.5 Å². The highest BCUT2D eigenvalue weighted by Crippen LogP contribution is 2.42. The molecule has 1 amide bonds. The highest BCUT2D eigenvalue weighted by atomic mass is 16.6. The van der Waals surface area contributed by atoms with E-state index in [9.17, 15) is 24.8 Å². The Balaban J connectivity index is 2.20. The predicted molar refractivity (Wildman–Crippen MR) is 96.7 cm³/mol. The van der Waals surface area contributed by atoms with Crippen molar-refractivity contribution in [2.75, 3.05) is 12.0 Å². The molecule has 3 rings (SSSR count). The van der Waals surface area contributed by atoms with Crippen LogP contribution in [-0.2, 0) is 9.59 Å². The third kappa shape index (κ3) is 3.12. The van der Waals surface area contributed by atoms with Gasteiger partial charge in [-0.2, -0.15) is 0 Å². The second-order valence-electron chi connectivity index (χ2n) is 5.95. The number of nitro groups is 1. The smallest absolute Gasteiger partial charge is 0.294 e. The first-order valence-corrected chi connectivity index (χ1v) is 8.01. The number of hydrogen-bond donors (Lipinski definition) is 1. The average molecular weight is 368 g/mol. The minimum atomic E-state index is -0.984. The topological polar surface area (TPSA) is 110 Å². The molecular formula is C19H16N2O6. The van der Waals surface area contributed by atoms with Crippen molar-refractivity contribution in [3.8, 4) is 5.75 Å². The Morgan fingerprint density at radius 2 is 1.93 bits per heavy atom. The third-order valence-corrected chi connectivity index (χ3v) is 4.32. The van der Waals surface area contributed by atoms with Gasteiger partial charge in [-0.05, 0) is 24.6 Å². The van der Waals surface area contributed by atoms with E-state index >= 15 is 0 Å². The fourth-order valence-electron chi connectivity index (χ4n) is 3.12. The van der Waals surface area contributed by atoms with Crippen molar-refractivity contribution in [2.45, 2.75) is 13.0 Å². The second kappa shape index (κ2) is 6.91. The highest BCUT2D eigenvalue weighted by Gasteiger charge is 2.43. The van der Waals surface area contributed by atoms with E-state index in [0.29, 0.717) is 17.0 Å². The number of carbonyl (C=O) groups is 2. The molecule has 27 heavy (non-hydrogen) atoms. The van der Waals surface area contributed by atoms with Crippen LogP contribution >= 0.6 is 0 Å². The SMILES string of the molecule is COc1cccc(N2C(=O)C(O)=C(C(C)=O)[C@H]2c2cccc([N+](=O)[O-])c2)c1. The maximum atomic E-state index is 12.7. The molecular weight excluding hydrogens is 352 g/mol. The number of benzene rings is 2. The molecule has 0 fully saturated rings. The fraction of sp³-hybridized carbons (Fsp3) is 0.158. The number of amides is 1. The van der Waals surface area contributed by atoms with E-state index in [0.717, 1.165) is 0 Å². The van der Waals surface area contributed by atoms with E-state index in [2.05, 4.69) is 0 Å². The summed E-state index contributed by atoms with van der Waals surface area (Å²) in [6, 6.07) is 11.2. The van der Waals surface area contributed by atoms with E-state index in [1.54, 1.807) is 30.3 Å². The number of aliphatic hydroxyl groups excluding tert-OH is 1. The molecule has 2 aromatic carbocycles. The largest absolute Gasteiger partial charge is 0.503 e. The number of nitro benzene ring substituents is 1. The number of ether oxygens (including phenoxy) is 1. The number of methoxy groups -OCH3 is 1. The molecule has 1 N–H and O–H groups in total. The van der Waals surface area contributed by atoms with E-state index in [-0.39, 0.29) is 11.3 Å². The number of anilines is 1. The number of rotatable bonds is 5. The van der Waals surface area contributed by atoms with Gasteiger partial charge in [0.25, 0.3) is 11.6 Å². The van der Waals surface area contributed by atoms with Crippen molar-refractivity contribution < 1.29 is 24.4 Å². The van der Waals surface area contributed by atoms with Gasteiger partial charge in [-0.15, -0.1) is 0 Å². The molecule has 0 saturated heterocycles. The lowest BCUT2D eigenvalue weighted by Gasteiger charge is -2.26. The van der Waals surface area contributed by atoms with Gasteiger partial charge in [0.1, 0.15) is 5.75 Å². The first-order chi connectivity index (χ1) is 12.8. The van der Waals surface area contributed by atoms with E-state index in [1.165, 1.54) is 37.1 Å². The molecule has 1 heterocycles. The Bertz CT molecular complexity index is 982. The van der Waals surface area contributed by atoms with E-state index in [1.807, 2.05) is 0 Å². The van der Waals surface area contributed by atoms with Gasteiger partial charge < -0.3 is 9.84 Å². The van der Waals surface area contributed by atoms with Gasteiger partial charge in [-0.1, -0.05) is 18.2 Å². The summed E-state index contributed by atoms with van der Waals surface area (Å²) in [6.07, 6.45) is 0. The fourth-order valence-corrected chi connectivity index (χ4v) is 3.12. The van der Waals surface area contributed by atoms with Gasteiger partial charge >= 0.3 is 0 Å². The standard InChI is InChI=1S/C19H16N2O6/c1-11(22)16-17(12-5-3-7-14(9-12)21(25)26)20(19(24)18(16)23)13-6-4-8-15(10-13)27-2/h3-10,17,23H,1-2H3/t17-/m1/s1. The Morgan fingerprint density at radius 3 is 2.56 bits per heavy atom. The summed E-state index contributed by atoms with van der Waals surface area (Å²) in [5.74, 6) is -1.44. The first kappa shape index (κ1) is 18.1. The van der Waals surface area contributed by atoms with E-state index < -0.39 is 28.4 Å². The maximum Gasteiger partial charge on any atom is 0.294 e. The maximum absolute atomic E-state index is 12.7. The molecule has 0 radical (unpaired) electrons. The Hall–Kier alpha value is -3.68. The molecule has 1 aliphatic heterocycles. The lowest BCUT2D eigenvalue weighted by Crippen LogP contribution is -2.30. The summed E-state index contributed by atoms with van der Waals surface area (Å²) in [5.41, 5.74) is 0.441. The molecule has 0 bridgehead atoms. The zero-order valence-corrected chi connectivity index (χ0v) is 14.6. The number of ketones is 1. The molecule has 0 saturated carbocycles. The minimum Gasteiger partial charge on any atom is -0.503 e. The third-order valence-electron chi connectivity index (χ3n) is 4.32. The van der Waals surface area contributed by atoms with Crippen LogP contribution < -0.4 is 9.64 Å². The van der Waals surface area contributed by atoms with Crippen LogP contribution in [0.4, 0.5) is 11.4 Å². The molecule has 2 aromatic rings. The molecule has 8 nitrogen and oxygen atoms in total. The van der Waals surface area contributed by atoms with Crippen LogP contribution in [0.2, 0.25) is 0 Å². The van der Waals surface area contributed by atoms with Crippen LogP contribution in [-0.4, -0.2) is 28.8 Å². The molecule has 0 aliphatic carbocycles. The number of hydrogen-bond acceptors (Lipinski definition) is 6. The van der Waals surface area contributed by atoms with Crippen molar-refractivity contribution in [1.82, 2.24) is 0 Å². The highest BCUT2D eigenvalue weighted by molar-refractivity contribution is 6.16. The second-order valence-corrected chi connectivity index (χ2v) is 5.95. The van der Waals surface area contributed by atoms with Gasteiger partial charge in [-0.25, -0.2) is 0 Å². The molecule has 8 heteroatoms. The molecule has 1 atom stereocenters. The van der Waals surface area contributed by atoms with Crippen LogP contribution in [0.3, 0.4) is 0 Å². The first-order valence-electron chi connectivity index (χ1n) is 8.01. The van der Waals surface area contributed by atoms with Gasteiger partial charge in [0, 0.05) is 23.9 Å². The van der Waals surface area contributed by atoms with Crippen molar-refractivity contribution >= 4 is 23.1 Å². The lowest BCUT2D eigenvalue weighted by molar-refractivity contribution is -0.384. The number of nitrogens with zero attached hydrogens (tertiary/aromatic N) is 2. The van der Waals surface area contributed by atoms with Crippen LogP contribution in [0.15, 0.2) is 59.9 Å². The Kier molecular flexibility index (Phi) is 4.64. The Morgan fingerprint density at radius 1 is 1.22 bits per heavy atom. The van der Waals surface area contributed by atoms with Crippen LogP contribution in [0.25, 0.3) is 0 Å². The summed E-state index contributed by atoms with van der Waals surface area (Å²) in [5, 5.41) is 21.4. The summed E-state index contributed by atoms with van der Waals surface area (Å²) < 4.78 is 5.17. The summed E-state index contributed by atoms with van der Waals surface area (Å²) in [4.78, 5) is 36.7. The number of aliphatic hydroxyl groups is 1. The van der Waals surface area contributed by atoms with Crippen LogP contribution in [0.1, 0.15) is 18.5 Å².